The standard InChI is InChI=1S/C26H25FN2O2/c27-23-12-5-11-22(16-23)21-10-4-7-19(15-21)17-26(25(28)31)13-6-14-29(18-26)24(30)20-8-2-1-3-9-20/h1-5,7-12,15-16H,6,13-14,17-18H2,(H2,28,31)/t26-/m1/s1. The molecule has 0 bridgehead atoms. The highest BCUT2D eigenvalue weighted by Gasteiger charge is 2.42. The third-order valence-corrected chi connectivity index (χ3v) is 6.03. The van der Waals surface area contributed by atoms with Crippen LogP contribution < -0.4 is 5.73 Å². The van der Waals surface area contributed by atoms with Crippen LogP contribution in [-0.4, -0.2) is 29.8 Å². The monoisotopic (exact) mass is 416 g/mol. The van der Waals surface area contributed by atoms with E-state index in [0.717, 1.165) is 16.7 Å². The quantitative estimate of drug-likeness (QED) is 0.668. The summed E-state index contributed by atoms with van der Waals surface area (Å²) in [6.45, 7) is 0.895. The SMILES string of the molecule is NC(=O)[C@@]1(Cc2cccc(-c3cccc(F)c3)c2)CCCN(C(=O)c2ccccc2)C1. The van der Waals surface area contributed by atoms with Crippen molar-refractivity contribution in [2.75, 3.05) is 13.1 Å². The molecule has 3 aromatic rings. The molecule has 1 saturated heterocycles. The number of carbonyl (C=O) groups is 2. The van der Waals surface area contributed by atoms with E-state index in [1.54, 1.807) is 23.1 Å². The van der Waals surface area contributed by atoms with Crippen LogP contribution in [0.2, 0.25) is 0 Å². The Hall–Kier alpha value is -3.47. The van der Waals surface area contributed by atoms with Gasteiger partial charge in [0, 0.05) is 18.7 Å². The van der Waals surface area contributed by atoms with Crippen LogP contribution in [0.5, 0.6) is 0 Å². The Labute approximate surface area is 181 Å². The van der Waals surface area contributed by atoms with Crippen molar-refractivity contribution >= 4 is 11.8 Å². The number of carbonyl (C=O) groups excluding carboxylic acids is 2. The molecule has 0 aromatic heterocycles. The van der Waals surface area contributed by atoms with Gasteiger partial charge in [-0.05, 0) is 60.2 Å². The second kappa shape index (κ2) is 8.72. The number of halogens is 1. The maximum absolute atomic E-state index is 13.7. The fraction of sp³-hybridized carbons (Fsp3) is 0.231. The van der Waals surface area contributed by atoms with Crippen molar-refractivity contribution in [2.24, 2.45) is 11.1 Å². The molecule has 1 heterocycles. The maximum atomic E-state index is 13.7. The van der Waals surface area contributed by atoms with Crippen LogP contribution in [0.1, 0.15) is 28.8 Å². The number of piperidine rings is 1. The number of hydrogen-bond acceptors (Lipinski definition) is 2. The molecular weight excluding hydrogens is 391 g/mol. The molecule has 0 spiro atoms. The normalized spacial score (nSPS) is 18.5. The maximum Gasteiger partial charge on any atom is 0.253 e. The zero-order valence-electron chi connectivity index (χ0n) is 17.3. The summed E-state index contributed by atoms with van der Waals surface area (Å²) in [6, 6.07) is 23.3. The van der Waals surface area contributed by atoms with E-state index < -0.39 is 11.3 Å². The molecule has 0 radical (unpaired) electrons. The smallest absolute Gasteiger partial charge is 0.253 e. The largest absolute Gasteiger partial charge is 0.369 e. The molecule has 3 aromatic carbocycles. The van der Waals surface area contributed by atoms with E-state index in [-0.39, 0.29) is 11.7 Å². The third-order valence-electron chi connectivity index (χ3n) is 6.03. The molecule has 1 aliphatic rings. The molecule has 0 saturated carbocycles. The zero-order valence-corrected chi connectivity index (χ0v) is 17.3. The first-order valence-electron chi connectivity index (χ1n) is 10.5. The van der Waals surface area contributed by atoms with E-state index in [2.05, 4.69) is 0 Å². The van der Waals surface area contributed by atoms with Crippen molar-refractivity contribution in [2.45, 2.75) is 19.3 Å². The molecule has 0 aliphatic carbocycles. The molecule has 31 heavy (non-hydrogen) atoms. The predicted octanol–water partition coefficient (Wildman–Crippen LogP) is 4.44. The summed E-state index contributed by atoms with van der Waals surface area (Å²) < 4.78 is 13.7. The molecule has 1 fully saturated rings. The molecule has 0 unspecified atom stereocenters. The average molecular weight is 416 g/mol. The lowest BCUT2D eigenvalue weighted by molar-refractivity contribution is -0.130. The molecule has 1 atom stereocenters. The van der Waals surface area contributed by atoms with Crippen LogP contribution in [0.15, 0.2) is 78.9 Å². The van der Waals surface area contributed by atoms with Gasteiger partial charge in [0.1, 0.15) is 5.82 Å². The van der Waals surface area contributed by atoms with Crippen LogP contribution in [0.3, 0.4) is 0 Å². The van der Waals surface area contributed by atoms with Gasteiger partial charge in [-0.3, -0.25) is 9.59 Å². The van der Waals surface area contributed by atoms with Crippen molar-refractivity contribution in [3.8, 4) is 11.1 Å². The average Bonchev–Trinajstić information content (AvgIpc) is 2.79. The van der Waals surface area contributed by atoms with Crippen molar-refractivity contribution in [1.29, 1.82) is 0 Å². The number of likely N-dealkylation sites (tertiary alicyclic amines) is 1. The lowest BCUT2D eigenvalue weighted by Crippen LogP contribution is -2.53. The first-order valence-corrected chi connectivity index (χ1v) is 10.5. The topological polar surface area (TPSA) is 63.4 Å². The number of amides is 2. The number of hydrogen-bond donors (Lipinski definition) is 1. The summed E-state index contributed by atoms with van der Waals surface area (Å²) in [6.07, 6.45) is 1.78. The zero-order chi connectivity index (χ0) is 21.8. The summed E-state index contributed by atoms with van der Waals surface area (Å²) in [5, 5.41) is 0. The van der Waals surface area contributed by atoms with Crippen LogP contribution >= 0.6 is 0 Å². The van der Waals surface area contributed by atoms with E-state index in [9.17, 15) is 14.0 Å². The summed E-state index contributed by atoms with van der Waals surface area (Å²) in [4.78, 5) is 27.3. The molecule has 158 valence electrons. The molecule has 2 amide bonds. The molecule has 5 heteroatoms. The summed E-state index contributed by atoms with van der Waals surface area (Å²) in [7, 11) is 0. The second-order valence-corrected chi connectivity index (χ2v) is 8.23. The number of benzene rings is 3. The Bertz CT molecular complexity index is 1100. The lowest BCUT2D eigenvalue weighted by Gasteiger charge is -2.41. The second-order valence-electron chi connectivity index (χ2n) is 8.23. The van der Waals surface area contributed by atoms with Gasteiger partial charge in [-0.15, -0.1) is 0 Å². The fourth-order valence-electron chi connectivity index (χ4n) is 4.42. The van der Waals surface area contributed by atoms with E-state index >= 15 is 0 Å². The van der Waals surface area contributed by atoms with Gasteiger partial charge >= 0.3 is 0 Å². The number of primary amides is 1. The minimum Gasteiger partial charge on any atom is -0.369 e. The minimum absolute atomic E-state index is 0.0839. The van der Waals surface area contributed by atoms with Crippen LogP contribution in [0.25, 0.3) is 11.1 Å². The minimum atomic E-state index is -0.830. The summed E-state index contributed by atoms with van der Waals surface area (Å²) >= 11 is 0. The van der Waals surface area contributed by atoms with Crippen LogP contribution in [0, 0.1) is 11.2 Å². The van der Waals surface area contributed by atoms with E-state index in [1.807, 2.05) is 48.5 Å². The van der Waals surface area contributed by atoms with Crippen molar-refractivity contribution in [3.63, 3.8) is 0 Å². The molecule has 2 N–H and O–H groups in total. The van der Waals surface area contributed by atoms with Gasteiger partial charge in [0.15, 0.2) is 0 Å². The number of nitrogens with zero attached hydrogens (tertiary/aromatic N) is 1. The Balaban J connectivity index is 1.60. The van der Waals surface area contributed by atoms with Crippen molar-refractivity contribution in [1.82, 2.24) is 4.90 Å². The summed E-state index contributed by atoms with van der Waals surface area (Å²) in [5.41, 5.74) is 8.27. The highest BCUT2D eigenvalue weighted by molar-refractivity contribution is 5.95. The Kier molecular flexibility index (Phi) is 5.85. The molecule has 1 aliphatic heterocycles. The lowest BCUT2D eigenvalue weighted by atomic mass is 9.74. The highest BCUT2D eigenvalue weighted by atomic mass is 19.1. The Morgan fingerprint density at radius 1 is 0.935 bits per heavy atom. The molecule has 4 rings (SSSR count). The van der Waals surface area contributed by atoms with Gasteiger partial charge in [-0.25, -0.2) is 4.39 Å². The van der Waals surface area contributed by atoms with Crippen LogP contribution in [-0.2, 0) is 11.2 Å². The van der Waals surface area contributed by atoms with Gasteiger partial charge in [-0.1, -0.05) is 54.6 Å². The third kappa shape index (κ3) is 4.50. The molecular formula is C26H25FN2O2. The van der Waals surface area contributed by atoms with Crippen molar-refractivity contribution < 1.29 is 14.0 Å². The first-order chi connectivity index (χ1) is 15.0. The Morgan fingerprint density at radius 3 is 2.35 bits per heavy atom. The van der Waals surface area contributed by atoms with E-state index in [0.29, 0.717) is 37.9 Å². The molecule has 4 nitrogen and oxygen atoms in total. The highest BCUT2D eigenvalue weighted by Crippen LogP contribution is 2.35. The van der Waals surface area contributed by atoms with Gasteiger partial charge < -0.3 is 10.6 Å². The van der Waals surface area contributed by atoms with Crippen LogP contribution in [0.4, 0.5) is 4.39 Å². The first kappa shape index (κ1) is 20.8. The van der Waals surface area contributed by atoms with Gasteiger partial charge in [0.25, 0.3) is 5.91 Å². The predicted molar refractivity (Wildman–Crippen MR) is 119 cm³/mol. The fourth-order valence-corrected chi connectivity index (χ4v) is 4.42. The van der Waals surface area contributed by atoms with Gasteiger partial charge in [-0.2, -0.15) is 0 Å². The van der Waals surface area contributed by atoms with E-state index in [4.69, 9.17) is 5.73 Å². The van der Waals surface area contributed by atoms with Gasteiger partial charge in [0.05, 0.1) is 5.41 Å². The number of nitrogens with two attached hydrogens (primary N) is 1. The summed E-state index contributed by atoms with van der Waals surface area (Å²) in [5.74, 6) is -0.771. The van der Waals surface area contributed by atoms with E-state index in [1.165, 1.54) is 12.1 Å². The van der Waals surface area contributed by atoms with Crippen molar-refractivity contribution in [3.05, 3.63) is 95.8 Å². The Morgan fingerprint density at radius 2 is 1.65 bits per heavy atom. The number of rotatable bonds is 5. The van der Waals surface area contributed by atoms with Gasteiger partial charge in [0.2, 0.25) is 5.91 Å².